The first-order valence-electron chi connectivity index (χ1n) is 6.90. The van der Waals surface area contributed by atoms with Gasteiger partial charge in [-0.05, 0) is 18.6 Å². The first kappa shape index (κ1) is 13.5. The van der Waals surface area contributed by atoms with Crippen molar-refractivity contribution in [2.75, 3.05) is 19.6 Å². The standard InChI is InChI=1S/C15H18ClN3O/c16-14-3-1-2-4-15(14)20-13-5-7-18(11-13)9-10-19-8-6-17-12-19/h1-4,6,8,12-13H,5,7,9-11H2. The molecular weight excluding hydrogens is 274 g/mol. The zero-order chi connectivity index (χ0) is 13.8. The van der Waals surface area contributed by atoms with Gasteiger partial charge in [0.2, 0.25) is 0 Å². The van der Waals surface area contributed by atoms with Gasteiger partial charge < -0.3 is 9.30 Å². The number of halogens is 1. The van der Waals surface area contributed by atoms with Crippen molar-refractivity contribution >= 4 is 11.6 Å². The molecule has 1 aliphatic heterocycles. The summed E-state index contributed by atoms with van der Waals surface area (Å²) in [5.74, 6) is 0.788. The van der Waals surface area contributed by atoms with Crippen molar-refractivity contribution in [1.82, 2.24) is 14.5 Å². The van der Waals surface area contributed by atoms with E-state index >= 15 is 0 Å². The largest absolute Gasteiger partial charge is 0.487 e. The highest BCUT2D eigenvalue weighted by molar-refractivity contribution is 6.32. The Morgan fingerprint density at radius 1 is 1.30 bits per heavy atom. The number of hydrogen-bond acceptors (Lipinski definition) is 3. The molecule has 1 saturated heterocycles. The lowest BCUT2D eigenvalue weighted by Crippen LogP contribution is -2.27. The van der Waals surface area contributed by atoms with Gasteiger partial charge in [0.15, 0.2) is 0 Å². The van der Waals surface area contributed by atoms with Crippen molar-refractivity contribution in [3.05, 3.63) is 48.0 Å². The minimum Gasteiger partial charge on any atom is -0.487 e. The van der Waals surface area contributed by atoms with Gasteiger partial charge in [0.25, 0.3) is 0 Å². The predicted molar refractivity (Wildman–Crippen MR) is 79.2 cm³/mol. The molecule has 0 bridgehead atoms. The molecule has 0 amide bonds. The number of rotatable bonds is 5. The van der Waals surface area contributed by atoms with Gasteiger partial charge in [-0.15, -0.1) is 0 Å². The van der Waals surface area contributed by atoms with E-state index in [0.29, 0.717) is 5.02 Å². The summed E-state index contributed by atoms with van der Waals surface area (Å²) in [6.07, 6.45) is 6.95. The van der Waals surface area contributed by atoms with Gasteiger partial charge in [0.05, 0.1) is 11.3 Å². The van der Waals surface area contributed by atoms with Crippen LogP contribution in [0, 0.1) is 0 Å². The lowest BCUT2D eigenvalue weighted by atomic mass is 10.3. The van der Waals surface area contributed by atoms with Crippen LogP contribution in [0.25, 0.3) is 0 Å². The fraction of sp³-hybridized carbons (Fsp3) is 0.400. The molecule has 3 rings (SSSR count). The molecule has 1 aliphatic rings. The van der Waals surface area contributed by atoms with Crippen LogP contribution in [0.3, 0.4) is 0 Å². The number of likely N-dealkylation sites (tertiary alicyclic amines) is 1. The quantitative estimate of drug-likeness (QED) is 0.848. The van der Waals surface area contributed by atoms with Gasteiger partial charge in [-0.1, -0.05) is 23.7 Å². The lowest BCUT2D eigenvalue weighted by molar-refractivity contribution is 0.198. The molecule has 0 aliphatic carbocycles. The van der Waals surface area contributed by atoms with Crippen molar-refractivity contribution in [3.8, 4) is 5.75 Å². The Morgan fingerprint density at radius 2 is 2.20 bits per heavy atom. The lowest BCUT2D eigenvalue weighted by Gasteiger charge is -2.17. The molecule has 106 valence electrons. The van der Waals surface area contributed by atoms with E-state index < -0.39 is 0 Å². The molecule has 1 atom stereocenters. The maximum atomic E-state index is 6.12. The van der Waals surface area contributed by atoms with Crippen LogP contribution in [0.2, 0.25) is 5.02 Å². The SMILES string of the molecule is Clc1ccccc1OC1CCN(CCn2ccnc2)C1. The summed E-state index contributed by atoms with van der Waals surface area (Å²) in [6.45, 7) is 4.03. The highest BCUT2D eigenvalue weighted by Gasteiger charge is 2.24. The van der Waals surface area contributed by atoms with Gasteiger partial charge in [0.1, 0.15) is 11.9 Å². The minimum atomic E-state index is 0.234. The van der Waals surface area contributed by atoms with Gasteiger partial charge in [-0.2, -0.15) is 0 Å². The Bertz CT molecular complexity index is 544. The maximum Gasteiger partial charge on any atom is 0.138 e. The summed E-state index contributed by atoms with van der Waals surface area (Å²) in [7, 11) is 0. The number of para-hydroxylation sites is 1. The number of imidazole rings is 1. The van der Waals surface area contributed by atoms with E-state index in [-0.39, 0.29) is 6.10 Å². The van der Waals surface area contributed by atoms with E-state index in [1.807, 2.05) is 43.0 Å². The third kappa shape index (κ3) is 3.32. The summed E-state index contributed by atoms with van der Waals surface area (Å²) in [4.78, 5) is 6.47. The molecule has 2 aromatic rings. The molecule has 2 heterocycles. The molecule has 1 aromatic heterocycles. The second-order valence-electron chi connectivity index (χ2n) is 5.06. The zero-order valence-corrected chi connectivity index (χ0v) is 12.0. The van der Waals surface area contributed by atoms with Crippen molar-refractivity contribution in [3.63, 3.8) is 0 Å². The Balaban J connectivity index is 1.48. The molecule has 0 spiro atoms. The number of ether oxygens (including phenoxy) is 1. The second-order valence-corrected chi connectivity index (χ2v) is 5.47. The van der Waals surface area contributed by atoms with Crippen LogP contribution in [-0.4, -0.2) is 40.2 Å². The smallest absolute Gasteiger partial charge is 0.138 e. The second kappa shape index (κ2) is 6.29. The summed E-state index contributed by atoms with van der Waals surface area (Å²) < 4.78 is 8.08. The van der Waals surface area contributed by atoms with Crippen LogP contribution in [0.15, 0.2) is 43.0 Å². The van der Waals surface area contributed by atoms with E-state index in [4.69, 9.17) is 16.3 Å². The van der Waals surface area contributed by atoms with Gasteiger partial charge in [0, 0.05) is 38.6 Å². The zero-order valence-electron chi connectivity index (χ0n) is 11.3. The van der Waals surface area contributed by atoms with Crippen molar-refractivity contribution in [2.24, 2.45) is 0 Å². The first-order valence-corrected chi connectivity index (χ1v) is 7.28. The van der Waals surface area contributed by atoms with Crippen LogP contribution in [0.4, 0.5) is 0 Å². The van der Waals surface area contributed by atoms with Crippen molar-refractivity contribution in [1.29, 1.82) is 0 Å². The van der Waals surface area contributed by atoms with Crippen LogP contribution in [-0.2, 0) is 6.54 Å². The molecule has 1 unspecified atom stereocenters. The average molecular weight is 292 g/mol. The Kier molecular flexibility index (Phi) is 4.23. The molecule has 1 aromatic carbocycles. The monoisotopic (exact) mass is 291 g/mol. The van der Waals surface area contributed by atoms with E-state index in [9.17, 15) is 0 Å². The topological polar surface area (TPSA) is 30.3 Å². The number of hydrogen-bond donors (Lipinski definition) is 0. The van der Waals surface area contributed by atoms with Gasteiger partial charge >= 0.3 is 0 Å². The van der Waals surface area contributed by atoms with E-state index in [0.717, 1.165) is 38.3 Å². The molecule has 0 N–H and O–H groups in total. The van der Waals surface area contributed by atoms with E-state index in [1.165, 1.54) is 0 Å². The van der Waals surface area contributed by atoms with Crippen LogP contribution >= 0.6 is 11.6 Å². The number of nitrogens with zero attached hydrogens (tertiary/aromatic N) is 3. The van der Waals surface area contributed by atoms with E-state index in [2.05, 4.69) is 14.5 Å². The van der Waals surface area contributed by atoms with Crippen molar-refractivity contribution in [2.45, 2.75) is 19.1 Å². The fourth-order valence-electron chi connectivity index (χ4n) is 2.49. The summed E-state index contributed by atoms with van der Waals surface area (Å²) in [6, 6.07) is 7.66. The number of benzene rings is 1. The number of aromatic nitrogens is 2. The highest BCUT2D eigenvalue weighted by Crippen LogP contribution is 2.26. The summed E-state index contributed by atoms with van der Waals surface area (Å²) in [5, 5.41) is 0.685. The van der Waals surface area contributed by atoms with Gasteiger partial charge in [-0.25, -0.2) is 4.98 Å². The third-order valence-corrected chi connectivity index (χ3v) is 3.91. The van der Waals surface area contributed by atoms with Crippen LogP contribution in [0.5, 0.6) is 5.75 Å². The van der Waals surface area contributed by atoms with Crippen LogP contribution in [0.1, 0.15) is 6.42 Å². The average Bonchev–Trinajstić information content (AvgIpc) is 3.10. The third-order valence-electron chi connectivity index (χ3n) is 3.59. The molecule has 5 heteroatoms. The Labute approximate surface area is 123 Å². The molecule has 4 nitrogen and oxygen atoms in total. The minimum absolute atomic E-state index is 0.234. The summed E-state index contributed by atoms with van der Waals surface area (Å²) in [5.41, 5.74) is 0. The highest BCUT2D eigenvalue weighted by atomic mass is 35.5. The van der Waals surface area contributed by atoms with Crippen LogP contribution < -0.4 is 4.74 Å². The Morgan fingerprint density at radius 3 is 3.00 bits per heavy atom. The fourth-order valence-corrected chi connectivity index (χ4v) is 2.67. The normalized spacial score (nSPS) is 19.4. The van der Waals surface area contributed by atoms with Gasteiger partial charge in [-0.3, -0.25) is 4.90 Å². The predicted octanol–water partition coefficient (Wildman–Crippen LogP) is 2.69. The molecule has 0 saturated carbocycles. The van der Waals surface area contributed by atoms with E-state index in [1.54, 1.807) is 0 Å². The Hall–Kier alpha value is -1.52. The molecule has 1 fully saturated rings. The maximum absolute atomic E-state index is 6.12. The molecular formula is C15H18ClN3O. The first-order chi connectivity index (χ1) is 9.81. The summed E-state index contributed by atoms with van der Waals surface area (Å²) >= 11 is 6.12. The molecule has 0 radical (unpaired) electrons. The van der Waals surface area contributed by atoms with Crippen molar-refractivity contribution < 1.29 is 4.74 Å². The molecule has 20 heavy (non-hydrogen) atoms.